The average Bonchev–Trinajstić information content (AvgIpc) is 2.92. The molecule has 7 nitrogen and oxygen atoms in total. The number of nitrogens with one attached hydrogen (secondary N) is 1. The number of hydrogen-bond donors (Lipinski definition) is 3. The van der Waals surface area contributed by atoms with Crippen LogP contribution in [0.5, 0.6) is 5.75 Å². The molecule has 0 unspecified atom stereocenters. The SMILES string of the molecule is COc1ccc2ncc(N(C)C)c([C@@H](O)CCC3(CO)CCN(CCNc4c(F)cc(F)cc4F)CC3)c2c1. The van der Waals surface area contributed by atoms with Crippen molar-refractivity contribution in [1.29, 1.82) is 0 Å². The number of benzene rings is 2. The summed E-state index contributed by atoms with van der Waals surface area (Å²) in [6, 6.07) is 6.93. The van der Waals surface area contributed by atoms with E-state index in [1.165, 1.54) is 0 Å². The van der Waals surface area contributed by atoms with Crippen molar-refractivity contribution >= 4 is 22.3 Å². The first-order chi connectivity index (χ1) is 18.7. The zero-order valence-corrected chi connectivity index (χ0v) is 22.7. The number of aliphatic hydroxyl groups is 2. The van der Waals surface area contributed by atoms with E-state index in [9.17, 15) is 23.4 Å². The Labute approximate surface area is 227 Å². The number of nitrogens with zero attached hydrogens (tertiary/aromatic N) is 3. The summed E-state index contributed by atoms with van der Waals surface area (Å²) in [4.78, 5) is 8.65. The number of ether oxygens (including phenoxy) is 1. The van der Waals surface area contributed by atoms with Gasteiger partial charge in [0.05, 0.1) is 30.6 Å². The highest BCUT2D eigenvalue weighted by Gasteiger charge is 2.35. The smallest absolute Gasteiger partial charge is 0.152 e. The van der Waals surface area contributed by atoms with E-state index >= 15 is 0 Å². The van der Waals surface area contributed by atoms with Gasteiger partial charge in [0.2, 0.25) is 0 Å². The molecular weight excluding hydrogens is 509 g/mol. The normalized spacial score (nSPS) is 16.3. The Morgan fingerprint density at radius 3 is 2.44 bits per heavy atom. The van der Waals surface area contributed by atoms with Gasteiger partial charge in [-0.2, -0.15) is 0 Å². The van der Waals surface area contributed by atoms with E-state index in [4.69, 9.17) is 4.74 Å². The van der Waals surface area contributed by atoms with Crippen LogP contribution in [0.2, 0.25) is 0 Å². The lowest BCUT2D eigenvalue weighted by Gasteiger charge is -2.41. The highest BCUT2D eigenvalue weighted by molar-refractivity contribution is 5.88. The number of fused-ring (bicyclic) bond motifs is 1. The van der Waals surface area contributed by atoms with Crippen LogP contribution in [-0.4, -0.2) is 74.1 Å². The molecule has 3 aromatic rings. The fraction of sp³-hybridized carbons (Fsp3) is 0.483. The zero-order chi connectivity index (χ0) is 28.2. The molecule has 0 bridgehead atoms. The minimum Gasteiger partial charge on any atom is -0.497 e. The molecule has 0 amide bonds. The lowest BCUT2D eigenvalue weighted by atomic mass is 9.74. The number of halogens is 3. The monoisotopic (exact) mass is 546 g/mol. The van der Waals surface area contributed by atoms with Gasteiger partial charge in [-0.25, -0.2) is 13.2 Å². The summed E-state index contributed by atoms with van der Waals surface area (Å²) in [5.74, 6) is -2.18. The molecule has 2 aromatic carbocycles. The van der Waals surface area contributed by atoms with Gasteiger partial charge in [0.15, 0.2) is 11.6 Å². The maximum absolute atomic E-state index is 13.9. The van der Waals surface area contributed by atoms with E-state index < -0.39 is 23.6 Å². The minimum atomic E-state index is -0.957. The van der Waals surface area contributed by atoms with Gasteiger partial charge < -0.3 is 30.1 Å². The van der Waals surface area contributed by atoms with Gasteiger partial charge in [-0.05, 0) is 62.4 Å². The fourth-order valence-corrected chi connectivity index (χ4v) is 5.39. The lowest BCUT2D eigenvalue weighted by Crippen LogP contribution is -2.43. The topological polar surface area (TPSA) is 81.1 Å². The van der Waals surface area contributed by atoms with Crippen molar-refractivity contribution in [2.45, 2.75) is 31.8 Å². The third-order valence-electron chi connectivity index (χ3n) is 7.85. The predicted molar refractivity (Wildman–Crippen MR) is 147 cm³/mol. The maximum Gasteiger partial charge on any atom is 0.152 e. The van der Waals surface area contributed by atoms with E-state index in [0.29, 0.717) is 56.9 Å². The number of methoxy groups -OCH3 is 1. The standard InChI is InChI=1S/C29H37F3N4O3/c1-35(2)25-17-34-24-5-4-20(39-3)16-21(24)27(25)26(38)6-7-29(18-37)8-11-36(12-9-29)13-10-33-28-22(31)14-19(30)15-23(28)32/h4-5,14-17,26,33,37-38H,6-13,18H2,1-3H3/t26-/m0/s1. The molecule has 1 aromatic heterocycles. The van der Waals surface area contributed by atoms with Crippen molar-refractivity contribution in [3.63, 3.8) is 0 Å². The first-order valence-electron chi connectivity index (χ1n) is 13.2. The van der Waals surface area contributed by atoms with Gasteiger partial charge in [-0.15, -0.1) is 0 Å². The number of anilines is 2. The Morgan fingerprint density at radius 1 is 1.13 bits per heavy atom. The molecule has 1 fully saturated rings. The van der Waals surface area contributed by atoms with Crippen molar-refractivity contribution in [1.82, 2.24) is 9.88 Å². The Bertz CT molecular complexity index is 1260. The third kappa shape index (κ3) is 6.57. The van der Waals surface area contributed by atoms with Gasteiger partial charge in [-0.3, -0.25) is 4.98 Å². The molecule has 0 aliphatic carbocycles. The number of piperidine rings is 1. The summed E-state index contributed by atoms with van der Waals surface area (Å²) in [6.07, 6.45) is 3.60. The van der Waals surface area contributed by atoms with Crippen molar-refractivity contribution < 1.29 is 28.1 Å². The molecule has 1 aliphatic rings. The number of aliphatic hydroxyl groups excluding tert-OH is 2. The Morgan fingerprint density at radius 2 is 1.82 bits per heavy atom. The van der Waals surface area contributed by atoms with Crippen LogP contribution in [0, 0.1) is 22.9 Å². The summed E-state index contributed by atoms with van der Waals surface area (Å²) in [6.45, 7) is 2.30. The van der Waals surface area contributed by atoms with Crippen LogP contribution in [0.4, 0.5) is 24.5 Å². The van der Waals surface area contributed by atoms with E-state index in [-0.39, 0.29) is 17.7 Å². The largest absolute Gasteiger partial charge is 0.497 e. The lowest BCUT2D eigenvalue weighted by molar-refractivity contribution is 0.0248. The molecule has 39 heavy (non-hydrogen) atoms. The van der Waals surface area contributed by atoms with E-state index in [2.05, 4.69) is 15.2 Å². The van der Waals surface area contributed by atoms with Crippen molar-refractivity contribution in [2.24, 2.45) is 5.41 Å². The summed E-state index contributed by atoms with van der Waals surface area (Å²) in [5, 5.41) is 25.3. The number of pyridine rings is 1. The summed E-state index contributed by atoms with van der Waals surface area (Å²) < 4.78 is 46.3. The molecule has 3 N–H and O–H groups in total. The number of likely N-dealkylation sites (tertiary alicyclic amines) is 1. The van der Waals surface area contributed by atoms with Crippen LogP contribution >= 0.6 is 0 Å². The Hall–Kier alpha value is -3.08. The van der Waals surface area contributed by atoms with E-state index in [1.807, 2.05) is 37.2 Å². The predicted octanol–water partition coefficient (Wildman–Crippen LogP) is 4.73. The molecule has 10 heteroatoms. The molecule has 4 rings (SSSR count). The highest BCUT2D eigenvalue weighted by atomic mass is 19.1. The van der Waals surface area contributed by atoms with Crippen LogP contribution < -0.4 is 15.0 Å². The molecule has 0 radical (unpaired) electrons. The summed E-state index contributed by atoms with van der Waals surface area (Å²) in [5.41, 5.74) is 1.75. The van der Waals surface area contributed by atoms with Gasteiger partial charge in [0, 0.05) is 56.9 Å². The van der Waals surface area contributed by atoms with Crippen LogP contribution in [0.3, 0.4) is 0 Å². The van der Waals surface area contributed by atoms with Gasteiger partial charge in [0.25, 0.3) is 0 Å². The Kier molecular flexibility index (Phi) is 9.19. The first-order valence-corrected chi connectivity index (χ1v) is 13.2. The molecule has 1 atom stereocenters. The van der Waals surface area contributed by atoms with Gasteiger partial charge >= 0.3 is 0 Å². The minimum absolute atomic E-state index is 0.0171. The first kappa shape index (κ1) is 28.9. The Balaban J connectivity index is 1.38. The van der Waals surface area contributed by atoms with E-state index in [0.717, 1.165) is 35.0 Å². The summed E-state index contributed by atoms with van der Waals surface area (Å²) in [7, 11) is 5.43. The number of rotatable bonds is 11. The van der Waals surface area contributed by atoms with Crippen LogP contribution in [0.15, 0.2) is 36.5 Å². The molecule has 0 spiro atoms. The second-order valence-corrected chi connectivity index (χ2v) is 10.6. The number of hydrogen-bond acceptors (Lipinski definition) is 7. The van der Waals surface area contributed by atoms with Gasteiger partial charge in [0.1, 0.15) is 17.3 Å². The highest BCUT2D eigenvalue weighted by Crippen LogP contribution is 2.41. The van der Waals surface area contributed by atoms with E-state index in [1.54, 1.807) is 13.3 Å². The van der Waals surface area contributed by atoms with Crippen LogP contribution in [0.25, 0.3) is 10.9 Å². The maximum atomic E-state index is 13.9. The fourth-order valence-electron chi connectivity index (χ4n) is 5.39. The average molecular weight is 547 g/mol. The molecule has 2 heterocycles. The van der Waals surface area contributed by atoms with Crippen LogP contribution in [-0.2, 0) is 0 Å². The molecular formula is C29H37F3N4O3. The second kappa shape index (κ2) is 12.4. The summed E-state index contributed by atoms with van der Waals surface area (Å²) >= 11 is 0. The van der Waals surface area contributed by atoms with Crippen LogP contribution in [0.1, 0.15) is 37.4 Å². The third-order valence-corrected chi connectivity index (χ3v) is 7.85. The number of aromatic nitrogens is 1. The molecule has 0 saturated carbocycles. The zero-order valence-electron chi connectivity index (χ0n) is 22.7. The van der Waals surface area contributed by atoms with Crippen molar-refractivity contribution in [2.75, 3.05) is 64.2 Å². The quantitative estimate of drug-likeness (QED) is 0.321. The molecule has 1 saturated heterocycles. The van der Waals surface area contributed by atoms with Gasteiger partial charge in [-0.1, -0.05) is 0 Å². The van der Waals surface area contributed by atoms with Crippen molar-refractivity contribution in [3.8, 4) is 5.75 Å². The second-order valence-electron chi connectivity index (χ2n) is 10.6. The molecule has 1 aliphatic heterocycles. The van der Waals surface area contributed by atoms with Crippen molar-refractivity contribution in [3.05, 3.63) is 59.5 Å². The molecule has 212 valence electrons.